The van der Waals surface area contributed by atoms with E-state index in [-0.39, 0.29) is 11.8 Å². The van der Waals surface area contributed by atoms with Crippen molar-refractivity contribution in [2.24, 2.45) is 5.92 Å². The lowest BCUT2D eigenvalue weighted by Crippen LogP contribution is -2.32. The van der Waals surface area contributed by atoms with E-state index in [1.165, 1.54) is 32.0 Å². The van der Waals surface area contributed by atoms with E-state index in [1.54, 1.807) is 4.90 Å². The number of hydrogen-bond donors (Lipinski definition) is 1. The molecule has 0 atom stereocenters. The predicted molar refractivity (Wildman–Crippen MR) is 64.0 cm³/mol. The highest BCUT2D eigenvalue weighted by Crippen LogP contribution is 2.24. The fourth-order valence-corrected chi connectivity index (χ4v) is 2.45. The summed E-state index contributed by atoms with van der Waals surface area (Å²) in [5.41, 5.74) is 0. The molecule has 17 heavy (non-hydrogen) atoms. The summed E-state index contributed by atoms with van der Waals surface area (Å²) in [5, 5.41) is 6.57. The van der Waals surface area contributed by atoms with E-state index >= 15 is 0 Å². The largest absolute Gasteiger partial charge is 0.338 e. The summed E-state index contributed by atoms with van der Waals surface area (Å²) in [7, 11) is 1.84. The average molecular weight is 236 g/mol. The Kier molecular flexibility index (Phi) is 4.12. The first-order chi connectivity index (χ1) is 8.27. The van der Waals surface area contributed by atoms with Crippen molar-refractivity contribution in [2.75, 3.05) is 7.05 Å². The van der Waals surface area contributed by atoms with Crippen LogP contribution in [0.3, 0.4) is 0 Å². The number of amides is 1. The maximum Gasteiger partial charge on any atom is 0.225 e. The Bertz CT molecular complexity index is 341. The zero-order chi connectivity index (χ0) is 12.1. The number of rotatable bonds is 3. The van der Waals surface area contributed by atoms with Gasteiger partial charge in [0.05, 0.1) is 6.54 Å². The normalized spacial score (nSPS) is 17.7. The van der Waals surface area contributed by atoms with E-state index in [1.807, 2.05) is 7.05 Å². The SMILES string of the molecule is CN(Cc1ncn[nH]1)C(=O)C1CCCCCC1. The van der Waals surface area contributed by atoms with Crippen LogP contribution in [0.4, 0.5) is 0 Å². The molecule has 0 aliphatic heterocycles. The highest BCUT2D eigenvalue weighted by atomic mass is 16.2. The van der Waals surface area contributed by atoms with Crippen LogP contribution in [0.2, 0.25) is 0 Å². The first-order valence-electron chi connectivity index (χ1n) is 6.36. The van der Waals surface area contributed by atoms with Gasteiger partial charge in [-0.1, -0.05) is 25.7 Å². The average Bonchev–Trinajstić information content (AvgIpc) is 2.68. The van der Waals surface area contributed by atoms with Gasteiger partial charge in [0.25, 0.3) is 0 Å². The van der Waals surface area contributed by atoms with Gasteiger partial charge in [0.1, 0.15) is 12.2 Å². The number of aromatic amines is 1. The fraction of sp³-hybridized carbons (Fsp3) is 0.750. The van der Waals surface area contributed by atoms with Crippen LogP contribution in [0.25, 0.3) is 0 Å². The minimum absolute atomic E-state index is 0.213. The van der Waals surface area contributed by atoms with Gasteiger partial charge < -0.3 is 4.90 Å². The van der Waals surface area contributed by atoms with E-state index in [4.69, 9.17) is 0 Å². The first kappa shape index (κ1) is 12.1. The predicted octanol–water partition coefficient (Wildman–Crippen LogP) is 1.73. The summed E-state index contributed by atoms with van der Waals surface area (Å²) in [4.78, 5) is 18.0. The Hall–Kier alpha value is -1.39. The molecule has 0 unspecified atom stereocenters. The van der Waals surface area contributed by atoms with Crippen molar-refractivity contribution in [3.05, 3.63) is 12.2 Å². The molecule has 1 aliphatic rings. The molecule has 1 aromatic heterocycles. The number of carbonyl (C=O) groups is 1. The van der Waals surface area contributed by atoms with Crippen molar-refractivity contribution in [3.63, 3.8) is 0 Å². The molecule has 0 aromatic carbocycles. The third-order valence-corrected chi connectivity index (χ3v) is 3.43. The number of H-pyrrole nitrogens is 1. The second kappa shape index (κ2) is 5.80. The van der Waals surface area contributed by atoms with Crippen LogP contribution in [-0.2, 0) is 11.3 Å². The summed E-state index contributed by atoms with van der Waals surface area (Å²) < 4.78 is 0. The molecule has 1 aliphatic carbocycles. The van der Waals surface area contributed by atoms with Gasteiger partial charge in [-0.25, -0.2) is 4.98 Å². The smallest absolute Gasteiger partial charge is 0.225 e. The molecule has 1 amide bonds. The highest BCUT2D eigenvalue weighted by molar-refractivity contribution is 5.78. The summed E-state index contributed by atoms with van der Waals surface area (Å²) in [6.07, 6.45) is 8.47. The molecule has 5 nitrogen and oxygen atoms in total. The Morgan fingerprint density at radius 2 is 2.12 bits per heavy atom. The summed E-state index contributed by atoms with van der Waals surface area (Å²) in [6, 6.07) is 0. The maximum absolute atomic E-state index is 12.2. The summed E-state index contributed by atoms with van der Waals surface area (Å²) in [5.74, 6) is 1.21. The van der Waals surface area contributed by atoms with Gasteiger partial charge >= 0.3 is 0 Å². The molecule has 0 radical (unpaired) electrons. The molecular weight excluding hydrogens is 216 g/mol. The van der Waals surface area contributed by atoms with Crippen molar-refractivity contribution in [2.45, 2.75) is 45.1 Å². The van der Waals surface area contributed by atoms with Gasteiger partial charge in [-0.05, 0) is 12.8 Å². The maximum atomic E-state index is 12.2. The Balaban J connectivity index is 1.89. The molecule has 0 spiro atoms. The minimum Gasteiger partial charge on any atom is -0.338 e. The topological polar surface area (TPSA) is 61.9 Å². The van der Waals surface area contributed by atoms with E-state index in [0.29, 0.717) is 6.54 Å². The summed E-state index contributed by atoms with van der Waals surface area (Å²) >= 11 is 0. The lowest BCUT2D eigenvalue weighted by atomic mass is 9.99. The first-order valence-corrected chi connectivity index (χ1v) is 6.36. The van der Waals surface area contributed by atoms with E-state index in [0.717, 1.165) is 18.7 Å². The van der Waals surface area contributed by atoms with Gasteiger partial charge in [-0.15, -0.1) is 0 Å². The van der Waals surface area contributed by atoms with Crippen molar-refractivity contribution in [3.8, 4) is 0 Å². The molecule has 2 rings (SSSR count). The Morgan fingerprint density at radius 1 is 1.41 bits per heavy atom. The van der Waals surface area contributed by atoms with Gasteiger partial charge in [0.2, 0.25) is 5.91 Å². The van der Waals surface area contributed by atoms with E-state index in [2.05, 4.69) is 15.2 Å². The molecule has 1 fully saturated rings. The van der Waals surface area contributed by atoms with Crippen LogP contribution in [0, 0.1) is 5.92 Å². The monoisotopic (exact) mass is 236 g/mol. The van der Waals surface area contributed by atoms with Gasteiger partial charge in [0.15, 0.2) is 0 Å². The van der Waals surface area contributed by atoms with Crippen LogP contribution >= 0.6 is 0 Å². The molecule has 1 aromatic rings. The van der Waals surface area contributed by atoms with E-state index < -0.39 is 0 Å². The number of nitrogens with zero attached hydrogens (tertiary/aromatic N) is 3. The molecule has 0 saturated heterocycles. The second-order valence-electron chi connectivity index (χ2n) is 4.81. The van der Waals surface area contributed by atoms with Gasteiger partial charge in [-0.3, -0.25) is 9.89 Å². The Morgan fingerprint density at radius 3 is 2.71 bits per heavy atom. The number of carbonyl (C=O) groups excluding carboxylic acids is 1. The molecule has 94 valence electrons. The quantitative estimate of drug-likeness (QED) is 0.813. The summed E-state index contributed by atoms with van der Waals surface area (Å²) in [6.45, 7) is 0.523. The molecule has 1 heterocycles. The van der Waals surface area contributed by atoms with Crippen molar-refractivity contribution in [1.82, 2.24) is 20.1 Å². The molecule has 1 saturated carbocycles. The molecule has 0 bridgehead atoms. The zero-order valence-electron chi connectivity index (χ0n) is 10.4. The molecular formula is C12H20N4O. The zero-order valence-corrected chi connectivity index (χ0v) is 10.4. The van der Waals surface area contributed by atoms with E-state index in [9.17, 15) is 4.79 Å². The van der Waals surface area contributed by atoms with Crippen molar-refractivity contribution < 1.29 is 4.79 Å². The van der Waals surface area contributed by atoms with Crippen LogP contribution < -0.4 is 0 Å². The third kappa shape index (κ3) is 3.28. The second-order valence-corrected chi connectivity index (χ2v) is 4.81. The van der Waals surface area contributed by atoms with Crippen LogP contribution in [0.15, 0.2) is 6.33 Å². The standard InChI is InChI=1S/C12H20N4O/c1-16(8-11-13-9-14-15-11)12(17)10-6-4-2-3-5-7-10/h9-10H,2-8H2,1H3,(H,13,14,15). The minimum atomic E-state index is 0.213. The molecule has 1 N–H and O–H groups in total. The van der Waals surface area contributed by atoms with Crippen LogP contribution in [0.5, 0.6) is 0 Å². The van der Waals surface area contributed by atoms with Crippen LogP contribution in [-0.4, -0.2) is 33.0 Å². The van der Waals surface area contributed by atoms with Crippen LogP contribution in [0.1, 0.15) is 44.3 Å². The highest BCUT2D eigenvalue weighted by Gasteiger charge is 2.23. The van der Waals surface area contributed by atoms with Crippen molar-refractivity contribution >= 4 is 5.91 Å². The lowest BCUT2D eigenvalue weighted by Gasteiger charge is -2.21. The fourth-order valence-electron chi connectivity index (χ4n) is 2.45. The number of hydrogen-bond acceptors (Lipinski definition) is 3. The third-order valence-electron chi connectivity index (χ3n) is 3.43. The number of nitrogens with one attached hydrogen (secondary N) is 1. The van der Waals surface area contributed by atoms with Gasteiger partial charge in [0, 0.05) is 13.0 Å². The lowest BCUT2D eigenvalue weighted by molar-refractivity contribution is -0.135. The number of aromatic nitrogens is 3. The van der Waals surface area contributed by atoms with Crippen molar-refractivity contribution in [1.29, 1.82) is 0 Å². The Labute approximate surface area is 102 Å². The van der Waals surface area contributed by atoms with Gasteiger partial charge in [-0.2, -0.15) is 5.10 Å². The molecule has 5 heteroatoms.